The van der Waals surface area contributed by atoms with E-state index in [-0.39, 0.29) is 0 Å². The van der Waals surface area contributed by atoms with Crippen molar-refractivity contribution in [1.29, 1.82) is 0 Å². The molecule has 1 aliphatic heterocycles. The largest absolute Gasteiger partial charge is 0.490 e. The molecule has 0 unspecified atom stereocenters. The average Bonchev–Trinajstić information content (AvgIpc) is 3.21. The number of fused-ring (bicyclic) bond motifs is 1. The summed E-state index contributed by atoms with van der Waals surface area (Å²) in [4.78, 5) is 0. The summed E-state index contributed by atoms with van der Waals surface area (Å²) in [6.07, 6.45) is 7.91. The van der Waals surface area contributed by atoms with Gasteiger partial charge in [-0.2, -0.15) is 0 Å². The van der Waals surface area contributed by atoms with Crippen LogP contribution in [0.25, 0.3) is 6.08 Å². The van der Waals surface area contributed by atoms with Crippen LogP contribution in [0.3, 0.4) is 0 Å². The van der Waals surface area contributed by atoms with Gasteiger partial charge in [-0.05, 0) is 30.5 Å². The van der Waals surface area contributed by atoms with E-state index in [4.69, 9.17) is 9.47 Å². The number of ether oxygens (including phenoxy) is 2. The van der Waals surface area contributed by atoms with E-state index in [2.05, 4.69) is 23.5 Å². The molecule has 0 saturated heterocycles. The molecule has 1 N–H and O–H groups in total. The summed E-state index contributed by atoms with van der Waals surface area (Å²) >= 11 is 0. The zero-order valence-electron chi connectivity index (χ0n) is 10.5. The van der Waals surface area contributed by atoms with Gasteiger partial charge in [0, 0.05) is 19.0 Å². The summed E-state index contributed by atoms with van der Waals surface area (Å²) in [5.74, 6) is 1.73. The van der Waals surface area contributed by atoms with E-state index in [0.717, 1.165) is 49.3 Å². The van der Waals surface area contributed by atoms with Crippen molar-refractivity contribution in [2.75, 3.05) is 19.8 Å². The summed E-state index contributed by atoms with van der Waals surface area (Å²) in [6.45, 7) is 2.43. The van der Waals surface area contributed by atoms with Gasteiger partial charge in [0.2, 0.25) is 0 Å². The van der Waals surface area contributed by atoms with Crippen LogP contribution in [0.4, 0.5) is 0 Å². The minimum Gasteiger partial charge on any atom is -0.490 e. The number of hydrogen-bond acceptors (Lipinski definition) is 3. The highest BCUT2D eigenvalue weighted by atomic mass is 16.5. The van der Waals surface area contributed by atoms with Crippen LogP contribution >= 0.6 is 0 Å². The fraction of sp³-hybridized carbons (Fsp3) is 0.467. The molecule has 1 saturated carbocycles. The highest BCUT2D eigenvalue weighted by Crippen LogP contribution is 2.30. The fourth-order valence-electron chi connectivity index (χ4n) is 2.00. The number of rotatable bonds is 4. The maximum Gasteiger partial charge on any atom is 0.161 e. The summed E-state index contributed by atoms with van der Waals surface area (Å²) in [7, 11) is 0. The molecule has 3 heteroatoms. The Morgan fingerprint density at radius 1 is 1.17 bits per heavy atom. The number of hydrogen-bond donors (Lipinski definition) is 1. The minimum atomic E-state index is 0.739. The lowest BCUT2D eigenvalue weighted by Crippen LogP contribution is -2.15. The van der Waals surface area contributed by atoms with Crippen LogP contribution in [0.15, 0.2) is 24.3 Å². The van der Waals surface area contributed by atoms with Crippen LogP contribution in [0.5, 0.6) is 11.5 Å². The molecule has 1 aliphatic carbocycles. The second kappa shape index (κ2) is 5.44. The molecule has 0 bridgehead atoms. The summed E-state index contributed by atoms with van der Waals surface area (Å²) < 4.78 is 11.3. The Kier molecular flexibility index (Phi) is 3.51. The number of benzene rings is 1. The molecule has 1 heterocycles. The van der Waals surface area contributed by atoms with Crippen molar-refractivity contribution in [3.8, 4) is 11.5 Å². The molecule has 2 aliphatic rings. The van der Waals surface area contributed by atoms with Gasteiger partial charge < -0.3 is 14.8 Å². The quantitative estimate of drug-likeness (QED) is 0.884. The van der Waals surface area contributed by atoms with Gasteiger partial charge >= 0.3 is 0 Å². The second-order valence-electron chi connectivity index (χ2n) is 4.84. The van der Waals surface area contributed by atoms with Gasteiger partial charge in [0.1, 0.15) is 0 Å². The molecule has 0 amide bonds. The molecule has 0 atom stereocenters. The van der Waals surface area contributed by atoms with E-state index in [9.17, 15) is 0 Å². The Bertz CT molecular complexity index is 438. The minimum absolute atomic E-state index is 0.739. The topological polar surface area (TPSA) is 30.5 Å². The monoisotopic (exact) mass is 245 g/mol. The second-order valence-corrected chi connectivity index (χ2v) is 4.84. The van der Waals surface area contributed by atoms with Crippen LogP contribution in [0.2, 0.25) is 0 Å². The molecule has 3 rings (SSSR count). The van der Waals surface area contributed by atoms with E-state index in [1.54, 1.807) is 0 Å². The molecular weight excluding hydrogens is 226 g/mol. The first-order valence-corrected chi connectivity index (χ1v) is 6.71. The smallest absolute Gasteiger partial charge is 0.161 e. The Morgan fingerprint density at radius 2 is 2.00 bits per heavy atom. The first kappa shape index (κ1) is 11.6. The molecule has 1 fully saturated rings. The van der Waals surface area contributed by atoms with Gasteiger partial charge in [-0.3, -0.25) is 0 Å². The Labute approximate surface area is 108 Å². The van der Waals surface area contributed by atoms with Gasteiger partial charge in [0.25, 0.3) is 0 Å². The van der Waals surface area contributed by atoms with E-state index in [1.807, 2.05) is 12.1 Å². The summed E-state index contributed by atoms with van der Waals surface area (Å²) in [5.41, 5.74) is 1.16. The van der Waals surface area contributed by atoms with Gasteiger partial charge in [-0.15, -0.1) is 0 Å². The third kappa shape index (κ3) is 3.05. The maximum absolute atomic E-state index is 5.67. The lowest BCUT2D eigenvalue weighted by Gasteiger charge is -2.07. The van der Waals surface area contributed by atoms with Crippen LogP contribution < -0.4 is 14.8 Å². The van der Waals surface area contributed by atoms with Gasteiger partial charge in [-0.1, -0.05) is 18.2 Å². The lowest BCUT2D eigenvalue weighted by atomic mass is 10.2. The van der Waals surface area contributed by atoms with E-state index >= 15 is 0 Å². The van der Waals surface area contributed by atoms with Crippen molar-refractivity contribution < 1.29 is 9.47 Å². The predicted molar refractivity (Wildman–Crippen MR) is 72.1 cm³/mol. The van der Waals surface area contributed by atoms with Crippen molar-refractivity contribution in [2.45, 2.75) is 25.3 Å². The Balaban J connectivity index is 1.62. The van der Waals surface area contributed by atoms with Crippen molar-refractivity contribution >= 4 is 6.08 Å². The van der Waals surface area contributed by atoms with Gasteiger partial charge in [0.05, 0.1) is 13.2 Å². The van der Waals surface area contributed by atoms with E-state index in [1.165, 1.54) is 12.8 Å². The van der Waals surface area contributed by atoms with Crippen molar-refractivity contribution in [2.24, 2.45) is 0 Å². The van der Waals surface area contributed by atoms with Crippen LogP contribution in [0.1, 0.15) is 24.8 Å². The van der Waals surface area contributed by atoms with E-state index < -0.39 is 0 Å². The summed E-state index contributed by atoms with van der Waals surface area (Å²) in [5, 5.41) is 3.46. The van der Waals surface area contributed by atoms with Gasteiger partial charge in [0.15, 0.2) is 11.5 Å². The van der Waals surface area contributed by atoms with Crippen molar-refractivity contribution in [3.05, 3.63) is 29.8 Å². The van der Waals surface area contributed by atoms with Crippen molar-refractivity contribution in [3.63, 3.8) is 0 Å². The van der Waals surface area contributed by atoms with Crippen LogP contribution in [-0.2, 0) is 0 Å². The molecule has 0 radical (unpaired) electrons. The standard InChI is InChI=1S/C15H19NO2/c1(8-16-13-5-6-13)3-12-4-7-14-15(11-12)18-10-2-9-17-14/h1,3-4,7,11,13,16H,2,5-6,8-10H2. The van der Waals surface area contributed by atoms with Crippen molar-refractivity contribution in [1.82, 2.24) is 5.32 Å². The first-order chi connectivity index (χ1) is 8.92. The molecule has 96 valence electrons. The third-order valence-electron chi connectivity index (χ3n) is 3.18. The Morgan fingerprint density at radius 3 is 2.83 bits per heavy atom. The zero-order chi connectivity index (χ0) is 12.2. The fourth-order valence-corrected chi connectivity index (χ4v) is 2.00. The molecule has 0 aromatic heterocycles. The molecule has 18 heavy (non-hydrogen) atoms. The summed E-state index contributed by atoms with van der Waals surface area (Å²) in [6, 6.07) is 6.88. The first-order valence-electron chi connectivity index (χ1n) is 6.71. The molecule has 1 aromatic rings. The maximum atomic E-state index is 5.67. The molecule has 3 nitrogen and oxygen atoms in total. The third-order valence-corrected chi connectivity index (χ3v) is 3.18. The highest BCUT2D eigenvalue weighted by Gasteiger charge is 2.18. The van der Waals surface area contributed by atoms with Gasteiger partial charge in [-0.25, -0.2) is 0 Å². The van der Waals surface area contributed by atoms with Crippen LogP contribution in [-0.4, -0.2) is 25.8 Å². The normalized spacial score (nSPS) is 18.9. The van der Waals surface area contributed by atoms with E-state index in [0.29, 0.717) is 0 Å². The van der Waals surface area contributed by atoms with Crippen LogP contribution in [0, 0.1) is 0 Å². The Hall–Kier alpha value is -1.48. The predicted octanol–water partition coefficient (Wildman–Crippen LogP) is 2.61. The molecule has 0 spiro atoms. The highest BCUT2D eigenvalue weighted by molar-refractivity contribution is 5.56. The average molecular weight is 245 g/mol. The lowest BCUT2D eigenvalue weighted by molar-refractivity contribution is 0.297. The number of nitrogens with one attached hydrogen (secondary N) is 1. The molecular formula is C15H19NO2. The molecule has 1 aromatic carbocycles. The zero-order valence-corrected chi connectivity index (χ0v) is 10.5. The SMILES string of the molecule is C(=Cc1ccc2c(c1)OCCCO2)CNC1CC1.